The van der Waals surface area contributed by atoms with Gasteiger partial charge in [-0.1, -0.05) is 6.92 Å². The van der Waals surface area contributed by atoms with Crippen LogP contribution in [0.25, 0.3) is 0 Å². The molecule has 1 aromatic heterocycles. The summed E-state index contributed by atoms with van der Waals surface area (Å²) in [4.78, 5) is 13.5. The molecule has 16 heavy (non-hydrogen) atoms. The second kappa shape index (κ2) is 6.33. The van der Waals surface area contributed by atoms with Crippen molar-refractivity contribution in [2.24, 2.45) is 0 Å². The van der Waals surface area contributed by atoms with Crippen LogP contribution >= 0.6 is 0 Å². The van der Waals surface area contributed by atoms with Crippen LogP contribution in [0.2, 0.25) is 0 Å². The summed E-state index contributed by atoms with van der Waals surface area (Å²) in [6.07, 6.45) is 3.81. The normalized spacial score (nSPS) is 12.4. The van der Waals surface area contributed by atoms with E-state index in [1.165, 1.54) is 0 Å². The Bertz CT molecular complexity index is 309. The first-order valence-corrected chi connectivity index (χ1v) is 5.62. The van der Waals surface area contributed by atoms with Crippen molar-refractivity contribution < 1.29 is 9.21 Å². The molecule has 0 aliphatic rings. The maximum absolute atomic E-state index is 11.8. The van der Waals surface area contributed by atoms with Crippen LogP contribution in [0.15, 0.2) is 23.0 Å². The maximum atomic E-state index is 11.8. The molecule has 1 heterocycles. The molecule has 0 saturated carbocycles. The average Bonchev–Trinajstić information content (AvgIpc) is 2.70. The molecule has 1 atom stereocenters. The van der Waals surface area contributed by atoms with Crippen molar-refractivity contribution in [2.45, 2.75) is 32.9 Å². The minimum absolute atomic E-state index is 0.148. The second-order valence-corrected chi connectivity index (χ2v) is 4.04. The minimum atomic E-state index is 0.148. The standard InChI is InChI=1S/C12H20N2O2/c1-4-13-10(2)7-12(15)14(3)8-11-5-6-16-9-11/h5-6,9-10,13H,4,7-8H2,1-3H3. The Labute approximate surface area is 96.6 Å². The van der Waals surface area contributed by atoms with Crippen molar-refractivity contribution in [3.63, 3.8) is 0 Å². The van der Waals surface area contributed by atoms with E-state index in [9.17, 15) is 4.79 Å². The number of carbonyl (C=O) groups excluding carboxylic acids is 1. The summed E-state index contributed by atoms with van der Waals surface area (Å²) in [5.41, 5.74) is 1.02. The molecule has 4 heteroatoms. The number of nitrogens with one attached hydrogen (secondary N) is 1. The number of hydrogen-bond donors (Lipinski definition) is 1. The smallest absolute Gasteiger partial charge is 0.224 e. The molecule has 0 aromatic carbocycles. The summed E-state index contributed by atoms with van der Waals surface area (Å²) in [6, 6.07) is 2.10. The predicted octanol–water partition coefficient (Wildman–Crippen LogP) is 1.63. The first-order chi connectivity index (χ1) is 7.63. The molecule has 90 valence electrons. The summed E-state index contributed by atoms with van der Waals surface area (Å²) in [5.74, 6) is 0.148. The zero-order valence-corrected chi connectivity index (χ0v) is 10.2. The summed E-state index contributed by atoms with van der Waals surface area (Å²) in [5, 5.41) is 3.22. The van der Waals surface area contributed by atoms with Gasteiger partial charge < -0.3 is 14.6 Å². The summed E-state index contributed by atoms with van der Waals surface area (Å²) in [7, 11) is 1.81. The lowest BCUT2D eigenvalue weighted by Gasteiger charge is -2.19. The topological polar surface area (TPSA) is 45.5 Å². The van der Waals surface area contributed by atoms with Gasteiger partial charge in [-0.25, -0.2) is 0 Å². The van der Waals surface area contributed by atoms with Crippen molar-refractivity contribution in [2.75, 3.05) is 13.6 Å². The minimum Gasteiger partial charge on any atom is -0.472 e. The number of hydrogen-bond acceptors (Lipinski definition) is 3. The molecule has 0 aliphatic heterocycles. The molecule has 0 spiro atoms. The van der Waals surface area contributed by atoms with Crippen molar-refractivity contribution in [3.05, 3.63) is 24.2 Å². The lowest BCUT2D eigenvalue weighted by molar-refractivity contribution is -0.130. The fourth-order valence-corrected chi connectivity index (χ4v) is 1.58. The van der Waals surface area contributed by atoms with E-state index >= 15 is 0 Å². The monoisotopic (exact) mass is 224 g/mol. The largest absolute Gasteiger partial charge is 0.472 e. The van der Waals surface area contributed by atoms with E-state index in [-0.39, 0.29) is 11.9 Å². The van der Waals surface area contributed by atoms with Gasteiger partial charge in [0.2, 0.25) is 5.91 Å². The molecule has 0 bridgehead atoms. The van der Waals surface area contributed by atoms with Crippen molar-refractivity contribution in [3.8, 4) is 0 Å². The third kappa shape index (κ3) is 4.06. The van der Waals surface area contributed by atoms with Crippen molar-refractivity contribution >= 4 is 5.91 Å². The molecule has 1 amide bonds. The Morgan fingerprint density at radius 1 is 1.62 bits per heavy atom. The van der Waals surface area contributed by atoms with Gasteiger partial charge >= 0.3 is 0 Å². The molecule has 1 N–H and O–H groups in total. The van der Waals surface area contributed by atoms with Gasteiger partial charge in [0.15, 0.2) is 0 Å². The quantitative estimate of drug-likeness (QED) is 0.798. The third-order valence-electron chi connectivity index (χ3n) is 2.46. The van der Waals surface area contributed by atoms with Crippen LogP contribution in [0, 0.1) is 0 Å². The van der Waals surface area contributed by atoms with Gasteiger partial charge in [0.1, 0.15) is 0 Å². The lowest BCUT2D eigenvalue weighted by Crippen LogP contribution is -2.34. The van der Waals surface area contributed by atoms with E-state index in [0.717, 1.165) is 12.1 Å². The first-order valence-electron chi connectivity index (χ1n) is 5.62. The zero-order valence-electron chi connectivity index (χ0n) is 10.2. The predicted molar refractivity (Wildman–Crippen MR) is 62.9 cm³/mol. The Morgan fingerprint density at radius 3 is 2.94 bits per heavy atom. The highest BCUT2D eigenvalue weighted by Gasteiger charge is 2.13. The van der Waals surface area contributed by atoms with Crippen molar-refractivity contribution in [1.82, 2.24) is 10.2 Å². The maximum Gasteiger partial charge on any atom is 0.224 e. The van der Waals surface area contributed by atoms with E-state index in [1.54, 1.807) is 17.4 Å². The highest BCUT2D eigenvalue weighted by Crippen LogP contribution is 2.05. The molecule has 1 aromatic rings. The summed E-state index contributed by atoms with van der Waals surface area (Å²) >= 11 is 0. The Morgan fingerprint density at radius 2 is 2.38 bits per heavy atom. The Hall–Kier alpha value is -1.29. The van der Waals surface area contributed by atoms with Gasteiger partial charge in [-0.15, -0.1) is 0 Å². The van der Waals surface area contributed by atoms with Crippen LogP contribution in [-0.2, 0) is 11.3 Å². The Kier molecular flexibility index (Phi) is 5.05. The first kappa shape index (κ1) is 12.8. The summed E-state index contributed by atoms with van der Waals surface area (Å²) in [6.45, 7) is 5.55. The molecule has 0 aliphatic carbocycles. The lowest BCUT2D eigenvalue weighted by atomic mass is 10.2. The van der Waals surface area contributed by atoms with E-state index in [4.69, 9.17) is 4.42 Å². The van der Waals surface area contributed by atoms with Crippen LogP contribution < -0.4 is 5.32 Å². The number of furan rings is 1. The molecule has 0 saturated heterocycles. The number of amides is 1. The molecule has 4 nitrogen and oxygen atoms in total. The number of carbonyl (C=O) groups is 1. The molecule has 0 fully saturated rings. The van der Waals surface area contributed by atoms with Gasteiger partial charge in [0.25, 0.3) is 0 Å². The molecule has 1 unspecified atom stereocenters. The highest BCUT2D eigenvalue weighted by molar-refractivity contribution is 5.76. The van der Waals surface area contributed by atoms with Crippen LogP contribution in [0.3, 0.4) is 0 Å². The van der Waals surface area contributed by atoms with Crippen LogP contribution in [0.1, 0.15) is 25.8 Å². The van der Waals surface area contributed by atoms with E-state index in [2.05, 4.69) is 5.32 Å². The van der Waals surface area contributed by atoms with E-state index < -0.39 is 0 Å². The zero-order chi connectivity index (χ0) is 12.0. The molecule has 0 radical (unpaired) electrons. The van der Waals surface area contributed by atoms with Gasteiger partial charge in [0, 0.05) is 31.6 Å². The molecular formula is C12H20N2O2. The summed E-state index contributed by atoms with van der Waals surface area (Å²) < 4.78 is 4.96. The highest BCUT2D eigenvalue weighted by atomic mass is 16.3. The van der Waals surface area contributed by atoms with Gasteiger partial charge in [-0.3, -0.25) is 4.79 Å². The molecule has 1 rings (SSSR count). The van der Waals surface area contributed by atoms with Crippen LogP contribution in [-0.4, -0.2) is 30.4 Å². The SMILES string of the molecule is CCNC(C)CC(=O)N(C)Cc1ccoc1. The average molecular weight is 224 g/mol. The van der Waals surface area contributed by atoms with Crippen LogP contribution in [0.4, 0.5) is 0 Å². The number of nitrogens with zero attached hydrogens (tertiary/aromatic N) is 1. The fraction of sp³-hybridized carbons (Fsp3) is 0.583. The van der Waals surface area contributed by atoms with E-state index in [1.807, 2.05) is 27.0 Å². The van der Waals surface area contributed by atoms with E-state index in [0.29, 0.717) is 13.0 Å². The van der Waals surface area contributed by atoms with Crippen LogP contribution in [0.5, 0.6) is 0 Å². The van der Waals surface area contributed by atoms with Crippen molar-refractivity contribution in [1.29, 1.82) is 0 Å². The second-order valence-electron chi connectivity index (χ2n) is 4.04. The molecular weight excluding hydrogens is 204 g/mol. The third-order valence-corrected chi connectivity index (χ3v) is 2.46. The van der Waals surface area contributed by atoms with Gasteiger partial charge in [-0.2, -0.15) is 0 Å². The Balaban J connectivity index is 2.36. The van der Waals surface area contributed by atoms with Gasteiger partial charge in [-0.05, 0) is 19.5 Å². The number of rotatable bonds is 6. The van der Waals surface area contributed by atoms with Gasteiger partial charge in [0.05, 0.1) is 12.5 Å². The fourth-order valence-electron chi connectivity index (χ4n) is 1.58.